The number of hydrogen-bond donors (Lipinski definition) is 3. The van der Waals surface area contributed by atoms with Crippen LogP contribution in [0.2, 0.25) is 0 Å². The number of carbonyl (C=O) groups is 1. The summed E-state index contributed by atoms with van der Waals surface area (Å²) in [7, 11) is 0. The van der Waals surface area contributed by atoms with Gasteiger partial charge in [0.15, 0.2) is 0 Å². The Morgan fingerprint density at radius 2 is 2.11 bits per heavy atom. The summed E-state index contributed by atoms with van der Waals surface area (Å²) in [6.07, 6.45) is 1.43. The summed E-state index contributed by atoms with van der Waals surface area (Å²) < 4.78 is 5.08. The summed E-state index contributed by atoms with van der Waals surface area (Å²) >= 11 is 0. The molecular weight excluding hydrogens is 232 g/mol. The van der Waals surface area contributed by atoms with Crippen LogP contribution in [0.1, 0.15) is 26.7 Å². The number of amidine groups is 1. The van der Waals surface area contributed by atoms with Crippen LogP contribution in [0.5, 0.6) is 0 Å². The van der Waals surface area contributed by atoms with Gasteiger partial charge in [-0.3, -0.25) is 10.3 Å². The molecule has 1 aliphatic rings. The number of amides is 1. The van der Waals surface area contributed by atoms with Crippen LogP contribution in [-0.2, 0) is 4.74 Å². The van der Waals surface area contributed by atoms with Gasteiger partial charge in [-0.25, -0.2) is 4.79 Å². The van der Waals surface area contributed by atoms with E-state index in [4.69, 9.17) is 15.9 Å². The molecule has 18 heavy (non-hydrogen) atoms. The summed E-state index contributed by atoms with van der Waals surface area (Å²) in [5, 5.41) is 10.1. The topological polar surface area (TPSA) is 91.4 Å². The Balaban J connectivity index is 2.18. The summed E-state index contributed by atoms with van der Waals surface area (Å²) in [4.78, 5) is 13.6. The summed E-state index contributed by atoms with van der Waals surface area (Å²) in [5.74, 6) is 0.547. The van der Waals surface area contributed by atoms with E-state index in [1.54, 1.807) is 0 Å². The Labute approximate surface area is 108 Å². The number of alkyl carbamates (subject to hydrolysis) is 1. The fraction of sp³-hybridized carbons (Fsp3) is 0.833. The molecule has 0 atom stereocenters. The number of piperidine rings is 1. The van der Waals surface area contributed by atoms with Crippen molar-refractivity contribution in [1.29, 1.82) is 5.41 Å². The van der Waals surface area contributed by atoms with Crippen LogP contribution < -0.4 is 11.1 Å². The highest BCUT2D eigenvalue weighted by Gasteiger charge is 2.21. The maximum Gasteiger partial charge on any atom is 0.407 e. The van der Waals surface area contributed by atoms with Crippen molar-refractivity contribution in [3.8, 4) is 0 Å². The monoisotopic (exact) mass is 256 g/mol. The molecule has 0 aromatic carbocycles. The van der Waals surface area contributed by atoms with E-state index in [0.717, 1.165) is 25.9 Å². The molecule has 104 valence electrons. The van der Waals surface area contributed by atoms with Crippen LogP contribution in [0.4, 0.5) is 4.79 Å². The van der Waals surface area contributed by atoms with Gasteiger partial charge in [0.1, 0.15) is 5.84 Å². The average molecular weight is 256 g/mol. The molecule has 1 amide bonds. The zero-order valence-corrected chi connectivity index (χ0v) is 11.2. The lowest BCUT2D eigenvalue weighted by Crippen LogP contribution is -2.46. The van der Waals surface area contributed by atoms with E-state index in [1.807, 2.05) is 13.8 Å². The largest absolute Gasteiger partial charge is 0.449 e. The predicted octanol–water partition coefficient (Wildman–Crippen LogP) is 0.769. The first-order valence-electron chi connectivity index (χ1n) is 6.46. The number of likely N-dealkylation sites (tertiary alicyclic amines) is 1. The molecule has 0 radical (unpaired) electrons. The minimum absolute atomic E-state index is 0.174. The molecule has 6 heteroatoms. The van der Waals surface area contributed by atoms with Crippen molar-refractivity contribution in [2.75, 3.05) is 26.2 Å². The number of nitrogens with one attached hydrogen (secondary N) is 2. The predicted molar refractivity (Wildman–Crippen MR) is 70.7 cm³/mol. The van der Waals surface area contributed by atoms with E-state index in [-0.39, 0.29) is 18.0 Å². The van der Waals surface area contributed by atoms with Crippen molar-refractivity contribution < 1.29 is 9.53 Å². The van der Waals surface area contributed by atoms with Gasteiger partial charge in [0.25, 0.3) is 0 Å². The first-order chi connectivity index (χ1) is 8.47. The van der Waals surface area contributed by atoms with Gasteiger partial charge in [0.05, 0.1) is 13.2 Å². The quantitative estimate of drug-likeness (QED) is 0.500. The molecule has 0 bridgehead atoms. The van der Waals surface area contributed by atoms with Crippen molar-refractivity contribution in [1.82, 2.24) is 10.2 Å². The smallest absolute Gasteiger partial charge is 0.407 e. The maximum atomic E-state index is 11.5. The molecule has 1 aliphatic heterocycles. The minimum atomic E-state index is -0.325. The van der Waals surface area contributed by atoms with Crippen LogP contribution in [-0.4, -0.2) is 49.1 Å². The van der Waals surface area contributed by atoms with E-state index < -0.39 is 0 Å². The standard InChI is InChI=1S/C12H24N4O2/c1-9(2)8-18-12(17)15-10-3-5-16(6-4-10)7-11(13)14/h9-10H,3-8H2,1-2H3,(H3,13,14)(H,15,17). The van der Waals surface area contributed by atoms with Crippen molar-refractivity contribution in [3.63, 3.8) is 0 Å². The Bertz CT molecular complexity index is 286. The van der Waals surface area contributed by atoms with Gasteiger partial charge in [-0.05, 0) is 18.8 Å². The average Bonchev–Trinajstić information content (AvgIpc) is 2.28. The highest BCUT2D eigenvalue weighted by Crippen LogP contribution is 2.10. The molecule has 1 rings (SSSR count). The molecule has 1 fully saturated rings. The molecule has 0 aliphatic carbocycles. The Hall–Kier alpha value is -1.30. The summed E-state index contributed by atoms with van der Waals surface area (Å²) in [5.41, 5.74) is 5.36. The first-order valence-corrected chi connectivity index (χ1v) is 6.46. The van der Waals surface area contributed by atoms with Gasteiger partial charge >= 0.3 is 6.09 Å². The van der Waals surface area contributed by atoms with E-state index >= 15 is 0 Å². The van der Waals surface area contributed by atoms with E-state index in [2.05, 4.69) is 10.2 Å². The van der Waals surface area contributed by atoms with Crippen LogP contribution in [0.25, 0.3) is 0 Å². The van der Waals surface area contributed by atoms with E-state index in [9.17, 15) is 4.79 Å². The zero-order valence-electron chi connectivity index (χ0n) is 11.2. The van der Waals surface area contributed by atoms with Gasteiger partial charge in [-0.2, -0.15) is 0 Å². The third kappa shape index (κ3) is 5.86. The van der Waals surface area contributed by atoms with Gasteiger partial charge in [-0.15, -0.1) is 0 Å². The second kappa shape index (κ2) is 7.20. The summed E-state index contributed by atoms with van der Waals surface area (Å²) in [6, 6.07) is 0.174. The van der Waals surface area contributed by atoms with Crippen LogP contribution in [0, 0.1) is 11.3 Å². The molecule has 0 spiro atoms. The number of ether oxygens (including phenoxy) is 1. The molecule has 0 aromatic heterocycles. The zero-order chi connectivity index (χ0) is 13.5. The lowest BCUT2D eigenvalue weighted by Gasteiger charge is -2.31. The van der Waals surface area contributed by atoms with Gasteiger partial charge in [0, 0.05) is 19.1 Å². The van der Waals surface area contributed by atoms with Gasteiger partial charge < -0.3 is 15.8 Å². The van der Waals surface area contributed by atoms with Crippen LogP contribution >= 0.6 is 0 Å². The molecule has 1 saturated heterocycles. The molecule has 1 heterocycles. The minimum Gasteiger partial charge on any atom is -0.449 e. The second-order valence-corrected chi connectivity index (χ2v) is 5.21. The Morgan fingerprint density at radius 3 is 2.61 bits per heavy atom. The van der Waals surface area contributed by atoms with Crippen molar-refractivity contribution in [3.05, 3.63) is 0 Å². The molecule has 0 unspecified atom stereocenters. The third-order valence-electron chi connectivity index (χ3n) is 2.85. The van der Waals surface area contributed by atoms with Crippen molar-refractivity contribution >= 4 is 11.9 Å². The molecule has 0 saturated carbocycles. The van der Waals surface area contributed by atoms with Crippen LogP contribution in [0.15, 0.2) is 0 Å². The maximum absolute atomic E-state index is 11.5. The number of nitrogens with two attached hydrogens (primary N) is 1. The van der Waals surface area contributed by atoms with Crippen molar-refractivity contribution in [2.45, 2.75) is 32.7 Å². The SMILES string of the molecule is CC(C)COC(=O)NC1CCN(CC(=N)N)CC1. The highest BCUT2D eigenvalue weighted by atomic mass is 16.5. The second-order valence-electron chi connectivity index (χ2n) is 5.21. The van der Waals surface area contributed by atoms with Crippen molar-refractivity contribution in [2.24, 2.45) is 11.7 Å². The molecule has 6 nitrogen and oxygen atoms in total. The number of hydrogen-bond acceptors (Lipinski definition) is 4. The Morgan fingerprint density at radius 1 is 1.50 bits per heavy atom. The van der Waals surface area contributed by atoms with Gasteiger partial charge in [-0.1, -0.05) is 13.8 Å². The third-order valence-corrected chi connectivity index (χ3v) is 2.85. The highest BCUT2D eigenvalue weighted by molar-refractivity contribution is 5.78. The van der Waals surface area contributed by atoms with Crippen LogP contribution in [0.3, 0.4) is 0 Å². The molecule has 0 aromatic rings. The first kappa shape index (κ1) is 14.8. The normalized spacial score (nSPS) is 17.7. The van der Waals surface area contributed by atoms with E-state index in [0.29, 0.717) is 19.1 Å². The fourth-order valence-corrected chi connectivity index (χ4v) is 1.93. The lowest BCUT2D eigenvalue weighted by atomic mass is 10.1. The van der Waals surface area contributed by atoms with E-state index in [1.165, 1.54) is 0 Å². The summed E-state index contributed by atoms with van der Waals surface area (Å²) in [6.45, 7) is 6.70. The lowest BCUT2D eigenvalue weighted by molar-refractivity contribution is 0.122. The molecule has 4 N–H and O–H groups in total. The molecular formula is C12H24N4O2. The number of carbonyl (C=O) groups excluding carboxylic acids is 1. The number of rotatable bonds is 5. The fourth-order valence-electron chi connectivity index (χ4n) is 1.93. The van der Waals surface area contributed by atoms with Gasteiger partial charge in [0.2, 0.25) is 0 Å². The number of nitrogens with zero attached hydrogens (tertiary/aromatic N) is 1. The Kier molecular flexibility index (Phi) is 5.91.